The van der Waals surface area contributed by atoms with E-state index in [1.165, 1.54) is 0 Å². The molecule has 1 aromatic carbocycles. The van der Waals surface area contributed by atoms with Crippen LogP contribution in [-0.4, -0.2) is 42.9 Å². The van der Waals surface area contributed by atoms with E-state index in [9.17, 15) is 22.8 Å². The Bertz CT molecular complexity index is 619. The van der Waals surface area contributed by atoms with Gasteiger partial charge in [0.1, 0.15) is 5.82 Å². The summed E-state index contributed by atoms with van der Waals surface area (Å²) in [6, 6.07) is 0.989. The van der Waals surface area contributed by atoms with Crippen LogP contribution in [0.3, 0.4) is 0 Å². The molecule has 0 bridgehead atoms. The van der Waals surface area contributed by atoms with Crippen LogP contribution in [0.15, 0.2) is 12.1 Å². The second kappa shape index (κ2) is 8.84. The van der Waals surface area contributed by atoms with Crippen molar-refractivity contribution in [2.24, 2.45) is 11.7 Å². The van der Waals surface area contributed by atoms with Crippen molar-refractivity contribution < 1.29 is 22.8 Å². The second-order valence-corrected chi connectivity index (χ2v) is 6.27. The summed E-state index contributed by atoms with van der Waals surface area (Å²) in [4.78, 5) is 23.9. The Labute approximate surface area is 144 Å². The molecule has 1 atom stereocenters. The Morgan fingerprint density at radius 1 is 1.24 bits per heavy atom. The van der Waals surface area contributed by atoms with E-state index in [2.05, 4.69) is 5.32 Å². The van der Waals surface area contributed by atoms with Gasteiger partial charge in [-0.25, -0.2) is 13.2 Å². The molecule has 1 saturated heterocycles. The number of amides is 2. The van der Waals surface area contributed by atoms with Crippen LogP contribution in [0.1, 0.15) is 24.8 Å². The Balaban J connectivity index is 1.85. The molecule has 5 nitrogen and oxygen atoms in total. The van der Waals surface area contributed by atoms with Gasteiger partial charge in [-0.05, 0) is 36.8 Å². The summed E-state index contributed by atoms with van der Waals surface area (Å²) in [6.07, 6.45) is 2.25. The first-order chi connectivity index (χ1) is 11.9. The van der Waals surface area contributed by atoms with Gasteiger partial charge < -0.3 is 16.0 Å². The van der Waals surface area contributed by atoms with Crippen LogP contribution in [-0.2, 0) is 16.0 Å². The van der Waals surface area contributed by atoms with E-state index in [1.807, 2.05) is 0 Å². The normalized spacial score (nSPS) is 16.6. The largest absolute Gasteiger partial charge is 0.358 e. The summed E-state index contributed by atoms with van der Waals surface area (Å²) in [5.74, 6) is -3.07. The molecule has 0 spiro atoms. The summed E-state index contributed by atoms with van der Waals surface area (Å²) in [7, 11) is 0. The Morgan fingerprint density at radius 2 is 1.88 bits per heavy atom. The fourth-order valence-electron chi connectivity index (χ4n) is 3.11. The van der Waals surface area contributed by atoms with Gasteiger partial charge in [0.05, 0.1) is 0 Å². The molecule has 1 heterocycles. The minimum atomic E-state index is -1.22. The van der Waals surface area contributed by atoms with Gasteiger partial charge in [-0.2, -0.15) is 0 Å². The lowest BCUT2D eigenvalue weighted by molar-refractivity contribution is -0.132. The van der Waals surface area contributed by atoms with Crippen molar-refractivity contribution in [3.63, 3.8) is 0 Å². The van der Waals surface area contributed by atoms with Crippen molar-refractivity contribution in [2.75, 3.05) is 19.6 Å². The number of likely N-dealkylation sites (tertiary alicyclic amines) is 1. The van der Waals surface area contributed by atoms with Crippen molar-refractivity contribution in [3.8, 4) is 0 Å². The highest BCUT2D eigenvalue weighted by molar-refractivity contribution is 5.76. The quantitative estimate of drug-likeness (QED) is 0.439. The van der Waals surface area contributed by atoms with Gasteiger partial charge in [-0.3, -0.25) is 9.59 Å². The number of carbonyl (C=O) groups excluding carboxylic acids is 2. The van der Waals surface area contributed by atoms with Crippen molar-refractivity contribution >= 4 is 12.3 Å². The maximum absolute atomic E-state index is 13.7. The van der Waals surface area contributed by atoms with Crippen molar-refractivity contribution in [1.29, 1.82) is 0 Å². The summed E-state index contributed by atoms with van der Waals surface area (Å²) < 4.78 is 40.0. The summed E-state index contributed by atoms with van der Waals surface area (Å²) in [5.41, 5.74) is 6.18. The van der Waals surface area contributed by atoms with Gasteiger partial charge in [-0.1, -0.05) is 0 Å². The molecule has 8 heteroatoms. The fraction of sp³-hybridized carbons (Fsp3) is 0.529. The minimum Gasteiger partial charge on any atom is -0.358 e. The zero-order valence-electron chi connectivity index (χ0n) is 13.8. The van der Waals surface area contributed by atoms with Gasteiger partial charge in [0.15, 0.2) is 11.6 Å². The third-order valence-corrected chi connectivity index (χ3v) is 4.61. The number of nitrogens with one attached hydrogen (secondary N) is 1. The average Bonchev–Trinajstić information content (AvgIpc) is 2.60. The highest BCUT2D eigenvalue weighted by Gasteiger charge is 2.27. The van der Waals surface area contributed by atoms with Crippen LogP contribution >= 0.6 is 0 Å². The topological polar surface area (TPSA) is 75.4 Å². The molecule has 3 N–H and O–H groups in total. The van der Waals surface area contributed by atoms with Crippen LogP contribution in [0.2, 0.25) is 0 Å². The van der Waals surface area contributed by atoms with Gasteiger partial charge >= 0.3 is 0 Å². The first kappa shape index (κ1) is 19.2. The van der Waals surface area contributed by atoms with E-state index >= 15 is 0 Å². The molecule has 2 rings (SSSR count). The summed E-state index contributed by atoms with van der Waals surface area (Å²) in [6.45, 7) is 1.38. The number of benzene rings is 1. The van der Waals surface area contributed by atoms with Crippen LogP contribution in [0.25, 0.3) is 0 Å². The van der Waals surface area contributed by atoms with E-state index in [-0.39, 0.29) is 30.2 Å². The number of piperidine rings is 1. The van der Waals surface area contributed by atoms with Gasteiger partial charge in [0, 0.05) is 38.2 Å². The number of hydrogen-bond donors (Lipinski definition) is 2. The van der Waals surface area contributed by atoms with Crippen LogP contribution in [0.4, 0.5) is 13.2 Å². The predicted octanol–water partition coefficient (Wildman–Crippen LogP) is 1.35. The smallest absolute Gasteiger partial charge is 0.224 e. The lowest BCUT2D eigenvalue weighted by Crippen LogP contribution is -2.44. The average molecular weight is 357 g/mol. The van der Waals surface area contributed by atoms with Crippen LogP contribution in [0.5, 0.6) is 0 Å². The molecule has 0 radical (unpaired) electrons. The van der Waals surface area contributed by atoms with Gasteiger partial charge in [0.25, 0.3) is 0 Å². The van der Waals surface area contributed by atoms with E-state index < -0.39 is 23.5 Å². The van der Waals surface area contributed by atoms with E-state index in [0.29, 0.717) is 45.0 Å². The molecule has 2 amide bonds. The molecule has 1 aliphatic rings. The SMILES string of the molecule is N[C@H](Cc1cc(F)c(F)cc1F)C1CCN(C(=O)CCNC=O)CC1. The lowest BCUT2D eigenvalue weighted by Gasteiger charge is -2.35. The summed E-state index contributed by atoms with van der Waals surface area (Å²) >= 11 is 0. The number of hydrogen-bond acceptors (Lipinski definition) is 3. The molecule has 1 aromatic rings. The second-order valence-electron chi connectivity index (χ2n) is 6.27. The Hall–Kier alpha value is -2.09. The van der Waals surface area contributed by atoms with Gasteiger partial charge in [0.2, 0.25) is 12.3 Å². The molecule has 0 saturated carbocycles. The monoisotopic (exact) mass is 357 g/mol. The number of nitrogens with two attached hydrogens (primary N) is 1. The fourth-order valence-corrected chi connectivity index (χ4v) is 3.11. The molecule has 1 aliphatic heterocycles. The third kappa shape index (κ3) is 5.19. The standard InChI is InChI=1S/C17H22F3N3O2/c18-13-9-15(20)14(19)7-12(13)8-16(21)11-2-5-23(6-3-11)17(25)1-4-22-10-24/h7,9-11,16H,1-6,8,21H2,(H,22,24)/t16-/m1/s1. The molecule has 25 heavy (non-hydrogen) atoms. The molecule has 138 valence electrons. The zero-order valence-corrected chi connectivity index (χ0v) is 13.8. The van der Waals surface area contributed by atoms with Crippen molar-refractivity contribution in [3.05, 3.63) is 35.1 Å². The predicted molar refractivity (Wildman–Crippen MR) is 86.0 cm³/mol. The Morgan fingerprint density at radius 3 is 2.52 bits per heavy atom. The highest BCUT2D eigenvalue weighted by atomic mass is 19.2. The first-order valence-electron chi connectivity index (χ1n) is 8.26. The molecular formula is C17H22F3N3O2. The zero-order chi connectivity index (χ0) is 18.4. The maximum atomic E-state index is 13.7. The molecular weight excluding hydrogens is 335 g/mol. The van der Waals surface area contributed by atoms with Crippen molar-refractivity contribution in [2.45, 2.75) is 31.7 Å². The molecule has 1 fully saturated rings. The first-order valence-corrected chi connectivity index (χ1v) is 8.26. The Kier molecular flexibility index (Phi) is 6.81. The third-order valence-electron chi connectivity index (χ3n) is 4.61. The number of rotatable bonds is 7. The summed E-state index contributed by atoms with van der Waals surface area (Å²) in [5, 5.41) is 2.45. The van der Waals surface area contributed by atoms with E-state index in [1.54, 1.807) is 4.90 Å². The molecule has 0 aromatic heterocycles. The lowest BCUT2D eigenvalue weighted by atomic mass is 9.86. The molecule has 0 aliphatic carbocycles. The highest BCUT2D eigenvalue weighted by Crippen LogP contribution is 2.24. The van der Waals surface area contributed by atoms with E-state index in [0.717, 1.165) is 6.07 Å². The number of nitrogens with zero attached hydrogens (tertiary/aromatic N) is 1. The maximum Gasteiger partial charge on any atom is 0.224 e. The van der Waals surface area contributed by atoms with Crippen LogP contribution < -0.4 is 11.1 Å². The molecule has 0 unspecified atom stereocenters. The van der Waals surface area contributed by atoms with Crippen molar-refractivity contribution in [1.82, 2.24) is 10.2 Å². The van der Waals surface area contributed by atoms with Crippen LogP contribution in [0, 0.1) is 23.4 Å². The van der Waals surface area contributed by atoms with Gasteiger partial charge in [-0.15, -0.1) is 0 Å². The number of carbonyl (C=O) groups is 2. The number of halogens is 3. The minimum absolute atomic E-state index is 0.0342. The van der Waals surface area contributed by atoms with E-state index in [4.69, 9.17) is 5.73 Å².